The molecule has 1 aliphatic rings. The van der Waals surface area contributed by atoms with E-state index in [9.17, 15) is 14.4 Å². The summed E-state index contributed by atoms with van der Waals surface area (Å²) < 4.78 is 7.25. The molecule has 0 saturated carbocycles. The average molecular weight is 354 g/mol. The van der Waals surface area contributed by atoms with E-state index in [-0.39, 0.29) is 18.4 Å². The van der Waals surface area contributed by atoms with Crippen LogP contribution >= 0.6 is 0 Å². The van der Waals surface area contributed by atoms with Crippen molar-refractivity contribution in [1.29, 1.82) is 0 Å². The number of hydrogen-bond acceptors (Lipinski definition) is 4. The van der Waals surface area contributed by atoms with Gasteiger partial charge < -0.3 is 9.30 Å². The van der Waals surface area contributed by atoms with Crippen molar-refractivity contribution in [2.75, 3.05) is 20.3 Å². The van der Waals surface area contributed by atoms with E-state index in [0.29, 0.717) is 23.3 Å². The maximum atomic E-state index is 12.8. The Morgan fingerprint density at radius 1 is 1.12 bits per heavy atom. The highest BCUT2D eigenvalue weighted by Crippen LogP contribution is 2.25. The Kier molecular flexibility index (Phi) is 4.78. The van der Waals surface area contributed by atoms with Gasteiger partial charge in [-0.25, -0.2) is 0 Å². The third-order valence-corrected chi connectivity index (χ3v) is 4.81. The van der Waals surface area contributed by atoms with Crippen LogP contribution in [0.1, 0.15) is 55.4 Å². The highest BCUT2D eigenvalue weighted by Gasteiger charge is 2.36. The van der Waals surface area contributed by atoms with E-state index in [1.54, 1.807) is 31.4 Å². The van der Waals surface area contributed by atoms with Gasteiger partial charge in [-0.2, -0.15) is 0 Å². The van der Waals surface area contributed by atoms with E-state index >= 15 is 0 Å². The van der Waals surface area contributed by atoms with Crippen LogP contribution in [0.25, 0.3) is 0 Å². The number of carbonyl (C=O) groups excluding carboxylic acids is 3. The second kappa shape index (κ2) is 6.88. The summed E-state index contributed by atoms with van der Waals surface area (Å²) >= 11 is 0. The average Bonchev–Trinajstić information content (AvgIpc) is 3.04. The molecule has 6 heteroatoms. The number of rotatable bonds is 6. The first-order valence-corrected chi connectivity index (χ1v) is 8.52. The SMILES string of the molecule is COCC(C)n1c(C)cc(C(=O)CN2C(=O)c3ccccc3C2=O)c1C. The lowest BCUT2D eigenvalue weighted by Gasteiger charge is -2.18. The van der Waals surface area contributed by atoms with Crippen molar-refractivity contribution in [1.82, 2.24) is 9.47 Å². The molecule has 0 fully saturated rings. The number of aryl methyl sites for hydroxylation is 1. The van der Waals surface area contributed by atoms with Gasteiger partial charge in [0.05, 0.1) is 30.3 Å². The molecule has 2 heterocycles. The minimum Gasteiger partial charge on any atom is -0.383 e. The van der Waals surface area contributed by atoms with Crippen LogP contribution in [-0.4, -0.2) is 47.3 Å². The first kappa shape index (κ1) is 18.1. The molecule has 6 nitrogen and oxygen atoms in total. The van der Waals surface area contributed by atoms with Gasteiger partial charge in [-0.1, -0.05) is 12.1 Å². The number of fused-ring (bicyclic) bond motifs is 1. The Balaban J connectivity index is 1.85. The number of hydrogen-bond donors (Lipinski definition) is 0. The zero-order chi connectivity index (χ0) is 19.0. The number of benzene rings is 1. The van der Waals surface area contributed by atoms with Gasteiger partial charge in [0.1, 0.15) is 0 Å². The summed E-state index contributed by atoms with van der Waals surface area (Å²) in [4.78, 5) is 38.8. The lowest BCUT2D eigenvalue weighted by Crippen LogP contribution is -2.35. The number of amides is 2. The van der Waals surface area contributed by atoms with Crippen LogP contribution in [0.3, 0.4) is 0 Å². The van der Waals surface area contributed by atoms with Crippen molar-refractivity contribution < 1.29 is 19.1 Å². The Labute approximate surface area is 152 Å². The van der Waals surface area contributed by atoms with Gasteiger partial charge in [-0.3, -0.25) is 19.3 Å². The normalized spacial score (nSPS) is 14.7. The minimum absolute atomic E-state index is 0.0841. The third kappa shape index (κ3) is 2.86. The predicted molar refractivity (Wildman–Crippen MR) is 96.6 cm³/mol. The molecule has 2 amide bonds. The summed E-state index contributed by atoms with van der Waals surface area (Å²) in [7, 11) is 1.64. The third-order valence-electron chi connectivity index (χ3n) is 4.81. The Bertz CT molecular complexity index is 862. The Morgan fingerprint density at radius 3 is 2.23 bits per heavy atom. The van der Waals surface area contributed by atoms with Gasteiger partial charge in [0, 0.05) is 24.1 Å². The summed E-state index contributed by atoms with van der Waals surface area (Å²) in [6, 6.07) is 8.53. The molecule has 1 aliphatic heterocycles. The maximum Gasteiger partial charge on any atom is 0.261 e. The smallest absolute Gasteiger partial charge is 0.261 e. The fourth-order valence-electron chi connectivity index (χ4n) is 3.66. The fraction of sp³-hybridized carbons (Fsp3) is 0.350. The van der Waals surface area contributed by atoms with E-state index in [2.05, 4.69) is 0 Å². The summed E-state index contributed by atoms with van der Waals surface area (Å²) in [5, 5.41) is 0. The number of aromatic nitrogens is 1. The number of methoxy groups -OCH3 is 1. The Hall–Kier alpha value is -2.73. The number of ether oxygens (including phenoxy) is 1. The first-order chi connectivity index (χ1) is 12.4. The van der Waals surface area contributed by atoms with Gasteiger partial charge in [0.2, 0.25) is 0 Å². The molecule has 0 N–H and O–H groups in total. The van der Waals surface area contributed by atoms with Crippen LogP contribution in [0.4, 0.5) is 0 Å². The zero-order valence-electron chi connectivity index (χ0n) is 15.4. The lowest BCUT2D eigenvalue weighted by atomic mass is 10.1. The molecule has 26 heavy (non-hydrogen) atoms. The Morgan fingerprint density at radius 2 is 1.69 bits per heavy atom. The highest BCUT2D eigenvalue weighted by molar-refractivity contribution is 6.23. The minimum atomic E-state index is -0.416. The van der Waals surface area contributed by atoms with E-state index in [0.717, 1.165) is 16.3 Å². The quantitative estimate of drug-likeness (QED) is 0.591. The first-order valence-electron chi connectivity index (χ1n) is 8.52. The van der Waals surface area contributed by atoms with Crippen molar-refractivity contribution >= 4 is 17.6 Å². The molecular formula is C20H22N2O4. The highest BCUT2D eigenvalue weighted by atomic mass is 16.5. The summed E-state index contributed by atoms with van der Waals surface area (Å²) in [6.07, 6.45) is 0. The molecule has 0 radical (unpaired) electrons. The standard InChI is InChI=1S/C20H22N2O4/c1-12-9-17(14(3)22(12)13(2)11-26-4)18(23)10-21-19(24)15-7-5-6-8-16(15)20(21)25/h5-9,13H,10-11H2,1-4H3. The fourth-order valence-corrected chi connectivity index (χ4v) is 3.66. The van der Waals surface area contributed by atoms with Crippen molar-refractivity contribution in [3.63, 3.8) is 0 Å². The molecule has 1 atom stereocenters. The summed E-state index contributed by atoms with van der Waals surface area (Å²) in [5.41, 5.74) is 2.99. The van der Waals surface area contributed by atoms with Gasteiger partial charge in [-0.15, -0.1) is 0 Å². The van der Waals surface area contributed by atoms with Gasteiger partial charge in [0.25, 0.3) is 11.8 Å². The van der Waals surface area contributed by atoms with E-state index < -0.39 is 11.8 Å². The van der Waals surface area contributed by atoms with Gasteiger partial charge in [0.15, 0.2) is 5.78 Å². The van der Waals surface area contributed by atoms with Crippen LogP contribution in [-0.2, 0) is 4.74 Å². The summed E-state index contributed by atoms with van der Waals surface area (Å²) in [6.45, 7) is 6.09. The zero-order valence-corrected chi connectivity index (χ0v) is 15.4. The molecule has 0 bridgehead atoms. The molecule has 2 aromatic rings. The van der Waals surface area contributed by atoms with Crippen LogP contribution in [0.2, 0.25) is 0 Å². The topological polar surface area (TPSA) is 68.6 Å². The molecule has 0 aliphatic carbocycles. The summed E-state index contributed by atoms with van der Waals surface area (Å²) in [5.74, 6) is -1.08. The number of nitrogens with zero attached hydrogens (tertiary/aromatic N) is 2. The lowest BCUT2D eigenvalue weighted by molar-refractivity contribution is 0.0624. The maximum absolute atomic E-state index is 12.8. The second-order valence-electron chi connectivity index (χ2n) is 6.62. The number of Topliss-reactive ketones (excluding diaryl/α,β-unsaturated/α-hetero) is 1. The van der Waals surface area contributed by atoms with E-state index in [4.69, 9.17) is 4.74 Å². The number of ketones is 1. The van der Waals surface area contributed by atoms with Crippen LogP contribution in [0, 0.1) is 13.8 Å². The van der Waals surface area contributed by atoms with Crippen molar-refractivity contribution in [2.45, 2.75) is 26.8 Å². The molecule has 3 rings (SSSR count). The molecule has 1 unspecified atom stereocenters. The molecule has 0 saturated heterocycles. The van der Waals surface area contributed by atoms with Crippen molar-refractivity contribution in [2.24, 2.45) is 0 Å². The molecule has 0 spiro atoms. The van der Waals surface area contributed by atoms with E-state index in [1.807, 2.05) is 31.4 Å². The number of imide groups is 1. The number of carbonyl (C=O) groups is 3. The van der Waals surface area contributed by atoms with Crippen LogP contribution in [0.15, 0.2) is 30.3 Å². The molecular weight excluding hydrogens is 332 g/mol. The predicted octanol–water partition coefficient (Wildman–Crippen LogP) is 2.79. The van der Waals surface area contributed by atoms with E-state index in [1.165, 1.54) is 0 Å². The van der Waals surface area contributed by atoms with Gasteiger partial charge in [-0.05, 0) is 39.0 Å². The van der Waals surface area contributed by atoms with Crippen LogP contribution in [0.5, 0.6) is 0 Å². The van der Waals surface area contributed by atoms with Crippen molar-refractivity contribution in [3.05, 3.63) is 58.4 Å². The second-order valence-corrected chi connectivity index (χ2v) is 6.62. The van der Waals surface area contributed by atoms with Crippen LogP contribution < -0.4 is 0 Å². The largest absolute Gasteiger partial charge is 0.383 e. The van der Waals surface area contributed by atoms with Gasteiger partial charge >= 0.3 is 0 Å². The molecule has 1 aromatic heterocycles. The van der Waals surface area contributed by atoms with Crippen molar-refractivity contribution in [3.8, 4) is 0 Å². The monoisotopic (exact) mass is 354 g/mol. The molecule has 136 valence electrons. The molecule has 1 aromatic carbocycles.